The zero-order valence-corrected chi connectivity index (χ0v) is 50.4. The van der Waals surface area contributed by atoms with Crippen LogP contribution in [0.5, 0.6) is 0 Å². The first-order valence-corrected chi connectivity index (χ1v) is 31.8. The first kappa shape index (κ1) is 52.0. The molecule has 8 heteroatoms. The van der Waals surface area contributed by atoms with Crippen LogP contribution in [0.1, 0.15) is 0 Å². The molecule has 20 aromatic rings. The molecule has 434 valence electrons. The quantitative estimate of drug-likeness (QED) is 0.143. The number of fused-ring (bicyclic) bond motifs is 14. The molecule has 14 aromatic carbocycles. The van der Waals surface area contributed by atoms with E-state index in [1.807, 2.05) is 54.6 Å². The van der Waals surface area contributed by atoms with Crippen molar-refractivity contribution in [3.8, 4) is 102 Å². The Balaban J connectivity index is 0.713. The molecule has 6 aromatic heterocycles. The van der Waals surface area contributed by atoms with E-state index in [1.54, 1.807) is 0 Å². The monoisotopic (exact) mass is 1190 g/mol. The van der Waals surface area contributed by atoms with Crippen LogP contribution in [0.3, 0.4) is 0 Å². The fraction of sp³-hybridized carbons (Fsp3) is 0. The summed E-state index contributed by atoms with van der Waals surface area (Å²) < 4.78 is 4.96. The summed E-state index contributed by atoms with van der Waals surface area (Å²) in [5.41, 5.74) is 19.4. The van der Waals surface area contributed by atoms with Gasteiger partial charge in [0.25, 0.3) is 0 Å². The predicted molar refractivity (Wildman–Crippen MR) is 386 cm³/mol. The molecule has 6 heterocycles. The topological polar surface area (TPSA) is 86.2 Å². The van der Waals surface area contributed by atoms with E-state index in [0.29, 0.717) is 34.9 Å². The summed E-state index contributed by atoms with van der Waals surface area (Å²) in [4.78, 5) is 31.6. The molecule has 0 saturated carbocycles. The number of hydrogen-bond donors (Lipinski definition) is 0. The summed E-state index contributed by atoms with van der Waals surface area (Å²) in [5.74, 6) is 3.74. The van der Waals surface area contributed by atoms with Gasteiger partial charge in [-0.15, -0.1) is 0 Å². The molecule has 8 nitrogen and oxygen atoms in total. The van der Waals surface area contributed by atoms with Gasteiger partial charge in [-0.05, 0) is 74.1 Å². The second-order valence-corrected chi connectivity index (χ2v) is 24.4. The number of rotatable bonds is 9. The van der Waals surface area contributed by atoms with Crippen molar-refractivity contribution in [3.63, 3.8) is 0 Å². The molecule has 0 N–H and O–H groups in total. The van der Waals surface area contributed by atoms with E-state index in [9.17, 15) is 0 Å². The van der Waals surface area contributed by atoms with Crippen LogP contribution in [0.15, 0.2) is 303 Å². The summed E-state index contributed by atoms with van der Waals surface area (Å²) >= 11 is 0. The lowest BCUT2D eigenvalue weighted by Gasteiger charge is -2.12. The lowest BCUT2D eigenvalue weighted by Crippen LogP contribution is -2.00. The second kappa shape index (κ2) is 20.4. The number of nitrogens with zero attached hydrogens (tertiary/aromatic N) is 8. The maximum atomic E-state index is 5.44. The average molecular weight is 1200 g/mol. The Hall–Kier alpha value is -12.8. The highest BCUT2D eigenvalue weighted by Crippen LogP contribution is 2.49. The first-order valence-electron chi connectivity index (χ1n) is 31.8. The highest BCUT2D eigenvalue weighted by molar-refractivity contribution is 6.30. The predicted octanol–water partition coefficient (Wildman–Crippen LogP) is 21.7. The molecule has 0 radical (unpaired) electrons. The minimum Gasteiger partial charge on any atom is -0.307 e. The van der Waals surface area contributed by atoms with Crippen molar-refractivity contribution in [1.82, 2.24) is 38.7 Å². The molecule has 94 heavy (non-hydrogen) atoms. The van der Waals surface area contributed by atoms with Crippen LogP contribution in [-0.2, 0) is 0 Å². The van der Waals surface area contributed by atoms with Crippen molar-refractivity contribution < 1.29 is 0 Å². The van der Waals surface area contributed by atoms with E-state index < -0.39 is 0 Å². The second-order valence-electron chi connectivity index (χ2n) is 24.4. The minimum absolute atomic E-state index is 0.604. The van der Waals surface area contributed by atoms with E-state index >= 15 is 0 Å². The first-order chi connectivity index (χ1) is 46.6. The van der Waals surface area contributed by atoms with E-state index in [0.717, 1.165) is 116 Å². The van der Waals surface area contributed by atoms with Crippen LogP contribution in [0.2, 0.25) is 0 Å². The standard InChI is InChI=1S/C86H50N8/c1-4-21-54(22-5-1)81-87-82(55-23-6-2-7-24-55)90-85(89-81)70-48-46-66-64-36-18-33-61(77(64)93-73-38-14-12-30-68(73)75(70)79(66)93)58-45-42-52-28-16-32-60(72(52)50-58)53-40-43-57(44-41-53)84-88-83(56-25-8-3-9-26-56)91-86(92-84)71-49-47-67-65-37-19-35-63(62-34-17-27-51-20-10-11-29-59(51)62)78(65)94-74-39-15-13-31-69(74)76(71)80(67)94/h1-50H. The van der Waals surface area contributed by atoms with Crippen LogP contribution in [0.4, 0.5) is 0 Å². The maximum Gasteiger partial charge on any atom is 0.164 e. The van der Waals surface area contributed by atoms with Crippen molar-refractivity contribution in [2.75, 3.05) is 0 Å². The lowest BCUT2D eigenvalue weighted by atomic mass is 9.93. The molecule has 0 bridgehead atoms. The normalized spacial score (nSPS) is 12.0. The summed E-state index contributed by atoms with van der Waals surface area (Å²) in [6.45, 7) is 0. The van der Waals surface area contributed by atoms with Crippen LogP contribution >= 0.6 is 0 Å². The Morgan fingerprint density at radius 2 is 0.543 bits per heavy atom. The van der Waals surface area contributed by atoms with Crippen molar-refractivity contribution in [3.05, 3.63) is 303 Å². The molecule has 0 aliphatic rings. The summed E-state index contributed by atoms with van der Waals surface area (Å²) in [6, 6.07) is 108. The van der Waals surface area contributed by atoms with Gasteiger partial charge < -0.3 is 8.80 Å². The van der Waals surface area contributed by atoms with Gasteiger partial charge in [-0.2, -0.15) is 0 Å². The van der Waals surface area contributed by atoms with Gasteiger partial charge in [-0.3, -0.25) is 0 Å². The Morgan fingerprint density at radius 1 is 0.181 bits per heavy atom. The lowest BCUT2D eigenvalue weighted by molar-refractivity contribution is 1.08. The highest BCUT2D eigenvalue weighted by atomic mass is 15.0. The van der Waals surface area contributed by atoms with Gasteiger partial charge in [0, 0.05) is 87.6 Å². The fourth-order valence-electron chi connectivity index (χ4n) is 15.1. The van der Waals surface area contributed by atoms with Gasteiger partial charge >= 0.3 is 0 Å². The van der Waals surface area contributed by atoms with Crippen molar-refractivity contribution in [2.24, 2.45) is 0 Å². The molecule has 0 aliphatic heterocycles. The number of para-hydroxylation sites is 4. The third kappa shape index (κ3) is 7.80. The molecule has 0 amide bonds. The van der Waals surface area contributed by atoms with Crippen LogP contribution in [0, 0.1) is 0 Å². The number of aromatic nitrogens is 8. The zero-order valence-electron chi connectivity index (χ0n) is 50.4. The van der Waals surface area contributed by atoms with Crippen LogP contribution in [0.25, 0.3) is 199 Å². The zero-order chi connectivity index (χ0) is 61.5. The molecule has 0 atom stereocenters. The van der Waals surface area contributed by atoms with Crippen LogP contribution in [-0.4, -0.2) is 38.7 Å². The van der Waals surface area contributed by atoms with Gasteiger partial charge in [0.2, 0.25) is 0 Å². The van der Waals surface area contributed by atoms with Gasteiger partial charge in [-0.1, -0.05) is 273 Å². The highest BCUT2D eigenvalue weighted by Gasteiger charge is 2.27. The van der Waals surface area contributed by atoms with E-state index in [1.165, 1.54) is 49.0 Å². The van der Waals surface area contributed by atoms with Gasteiger partial charge in [0.05, 0.1) is 33.1 Å². The van der Waals surface area contributed by atoms with E-state index in [2.05, 4.69) is 258 Å². The molecular weight excluding hydrogens is 1150 g/mol. The molecular formula is C86H50N8. The summed E-state index contributed by atoms with van der Waals surface area (Å²) in [5, 5.41) is 14.1. The Bertz CT molecular complexity index is 6390. The Morgan fingerprint density at radius 3 is 1.09 bits per heavy atom. The molecule has 0 fully saturated rings. The molecule has 20 rings (SSSR count). The SMILES string of the molecule is c1ccc(-c2nc(-c3ccccc3)nc(-c3ccc4c5cccc(-c6ccc7cccc(-c8ccc(-c9nc(-c%10ccccc%10)nc(-c%10ccc%11c%12cccc(-c%13cccc%14ccccc%13%14)c%12n%12c%13ccccc%13c%10c%11%12)n9)cc8)c7c6)c5n5c6ccccc6c3c45)n2)cc1. The van der Waals surface area contributed by atoms with Crippen molar-refractivity contribution >= 4 is 97.7 Å². The van der Waals surface area contributed by atoms with Crippen molar-refractivity contribution in [1.29, 1.82) is 0 Å². The smallest absolute Gasteiger partial charge is 0.164 e. The van der Waals surface area contributed by atoms with E-state index in [-0.39, 0.29) is 0 Å². The Kier molecular flexibility index (Phi) is 11.3. The molecule has 0 aliphatic carbocycles. The van der Waals surface area contributed by atoms with Gasteiger partial charge in [0.15, 0.2) is 34.9 Å². The van der Waals surface area contributed by atoms with Crippen LogP contribution < -0.4 is 0 Å². The van der Waals surface area contributed by atoms with Gasteiger partial charge in [-0.25, -0.2) is 29.9 Å². The summed E-state index contributed by atoms with van der Waals surface area (Å²) in [6.07, 6.45) is 0. The van der Waals surface area contributed by atoms with Crippen molar-refractivity contribution in [2.45, 2.75) is 0 Å². The third-order valence-electron chi connectivity index (χ3n) is 19.3. The average Bonchev–Trinajstić information content (AvgIpc) is 1.54. The maximum absolute atomic E-state index is 5.44. The Labute approximate surface area is 538 Å². The summed E-state index contributed by atoms with van der Waals surface area (Å²) in [7, 11) is 0. The molecule has 0 saturated heterocycles. The largest absolute Gasteiger partial charge is 0.307 e. The minimum atomic E-state index is 0.604. The van der Waals surface area contributed by atoms with E-state index in [4.69, 9.17) is 29.9 Å². The number of hydrogen-bond acceptors (Lipinski definition) is 6. The number of benzene rings is 14. The molecule has 0 spiro atoms. The fourth-order valence-corrected chi connectivity index (χ4v) is 15.1. The molecule has 0 unspecified atom stereocenters. The van der Waals surface area contributed by atoms with Gasteiger partial charge in [0.1, 0.15) is 0 Å². The third-order valence-corrected chi connectivity index (χ3v) is 19.3.